The molecule has 9 heteroatoms. The van der Waals surface area contributed by atoms with Crippen molar-refractivity contribution < 1.29 is 4.79 Å². The Labute approximate surface area is 167 Å². The predicted octanol–water partition coefficient (Wildman–Crippen LogP) is 2.99. The van der Waals surface area contributed by atoms with E-state index in [1.54, 1.807) is 6.92 Å². The van der Waals surface area contributed by atoms with Gasteiger partial charge in [-0.15, -0.1) is 24.8 Å². The molecule has 0 bridgehead atoms. The molecule has 2 aromatic rings. The van der Waals surface area contributed by atoms with Gasteiger partial charge in [-0.25, -0.2) is 4.98 Å². The normalized spacial score (nSPS) is 19.3. The van der Waals surface area contributed by atoms with Crippen molar-refractivity contribution in [2.24, 2.45) is 5.73 Å². The van der Waals surface area contributed by atoms with Gasteiger partial charge in [0, 0.05) is 23.5 Å². The van der Waals surface area contributed by atoms with Gasteiger partial charge in [0.1, 0.15) is 17.7 Å². The topological polar surface area (TPSA) is 87.9 Å². The van der Waals surface area contributed by atoms with Crippen molar-refractivity contribution in [1.29, 1.82) is 0 Å². The fourth-order valence-corrected chi connectivity index (χ4v) is 3.31. The lowest BCUT2D eigenvalue weighted by molar-refractivity contribution is -0.138. The smallest absolute Gasteiger partial charge is 0.246 e. The molecule has 1 amide bonds. The lowest BCUT2D eigenvalue weighted by Crippen LogP contribution is -2.53. The third-order valence-corrected chi connectivity index (χ3v) is 4.95. The summed E-state index contributed by atoms with van der Waals surface area (Å²) >= 11 is 3.40. The zero-order valence-electron chi connectivity index (χ0n) is 13.8. The number of amides is 1. The lowest BCUT2D eigenvalue weighted by Gasteiger charge is -2.37. The van der Waals surface area contributed by atoms with Crippen LogP contribution in [0.2, 0.25) is 0 Å². The van der Waals surface area contributed by atoms with Crippen LogP contribution in [0, 0.1) is 0 Å². The van der Waals surface area contributed by atoms with E-state index in [2.05, 4.69) is 31.1 Å². The van der Waals surface area contributed by atoms with E-state index >= 15 is 0 Å². The number of halogens is 3. The number of hydrogen-bond donors (Lipinski definition) is 2. The summed E-state index contributed by atoms with van der Waals surface area (Å²) in [6.07, 6.45) is 3.44. The molecule has 0 radical (unpaired) electrons. The van der Waals surface area contributed by atoms with Gasteiger partial charge in [0.05, 0.1) is 0 Å². The molecule has 0 spiro atoms. The summed E-state index contributed by atoms with van der Waals surface area (Å²) in [5, 5.41) is 6.81. The number of aromatic amines is 1. The van der Waals surface area contributed by atoms with E-state index in [0.29, 0.717) is 6.54 Å². The molecule has 2 heterocycles. The number of benzene rings is 1. The average molecular weight is 451 g/mol. The molecule has 1 aromatic heterocycles. The molecule has 1 aliphatic heterocycles. The highest BCUT2D eigenvalue weighted by Crippen LogP contribution is 2.28. The third kappa shape index (κ3) is 4.73. The summed E-state index contributed by atoms with van der Waals surface area (Å²) in [6.45, 7) is 3.13. The molecule has 1 aromatic carbocycles. The van der Waals surface area contributed by atoms with Crippen molar-refractivity contribution >= 4 is 46.7 Å². The Hall–Kier alpha value is -1.15. The second-order valence-electron chi connectivity index (χ2n) is 6.17. The minimum atomic E-state index is -1.04. The molecule has 2 unspecified atom stereocenters. The molecule has 1 fully saturated rings. The molecule has 0 aliphatic carbocycles. The van der Waals surface area contributed by atoms with Gasteiger partial charge in [0.2, 0.25) is 5.91 Å². The van der Waals surface area contributed by atoms with Crippen LogP contribution in [0.25, 0.3) is 0 Å². The number of nitrogens with one attached hydrogen (secondary N) is 1. The monoisotopic (exact) mass is 449 g/mol. The van der Waals surface area contributed by atoms with E-state index in [-0.39, 0.29) is 36.6 Å². The zero-order valence-corrected chi connectivity index (χ0v) is 17.0. The number of aromatic nitrogens is 3. The van der Waals surface area contributed by atoms with Crippen molar-refractivity contribution in [3.05, 3.63) is 46.5 Å². The molecule has 1 aliphatic rings. The average Bonchev–Trinajstić information content (AvgIpc) is 3.09. The quantitative estimate of drug-likeness (QED) is 0.752. The number of piperidine rings is 1. The number of hydrogen-bond acceptors (Lipinski definition) is 4. The van der Waals surface area contributed by atoms with E-state index in [1.165, 1.54) is 6.33 Å². The van der Waals surface area contributed by atoms with Gasteiger partial charge in [-0.3, -0.25) is 9.89 Å². The fraction of sp³-hybridized carbons (Fsp3) is 0.438. The molecule has 3 rings (SSSR count). The number of nitrogens with two attached hydrogens (primary N) is 1. The maximum absolute atomic E-state index is 13.0. The van der Waals surface area contributed by atoms with E-state index in [9.17, 15) is 4.79 Å². The highest BCUT2D eigenvalue weighted by atomic mass is 79.9. The van der Waals surface area contributed by atoms with Crippen LogP contribution in [0.1, 0.15) is 37.1 Å². The highest BCUT2D eigenvalue weighted by Gasteiger charge is 2.37. The number of carbonyl (C=O) groups excluding carboxylic acids is 1. The van der Waals surface area contributed by atoms with Gasteiger partial charge in [-0.2, -0.15) is 5.10 Å². The number of rotatable bonds is 3. The molecule has 3 N–H and O–H groups in total. The van der Waals surface area contributed by atoms with Crippen LogP contribution < -0.4 is 5.73 Å². The number of carbonyl (C=O) groups is 1. The summed E-state index contributed by atoms with van der Waals surface area (Å²) in [5.74, 6) is 0.977. The first kappa shape index (κ1) is 21.9. The summed E-state index contributed by atoms with van der Waals surface area (Å²) in [6, 6.07) is 7.59. The second kappa shape index (κ2) is 8.98. The Kier molecular flexibility index (Phi) is 7.87. The molecular formula is C16H22BrCl2N5O. The Morgan fingerprint density at radius 2 is 2.04 bits per heavy atom. The number of H-pyrrole nitrogens is 1. The summed E-state index contributed by atoms with van der Waals surface area (Å²) in [4.78, 5) is 19.0. The Morgan fingerprint density at radius 1 is 1.36 bits per heavy atom. The Bertz CT molecular complexity index is 678. The molecule has 25 heavy (non-hydrogen) atoms. The van der Waals surface area contributed by atoms with Crippen LogP contribution in [-0.2, 0) is 10.3 Å². The third-order valence-electron chi connectivity index (χ3n) is 4.42. The van der Waals surface area contributed by atoms with E-state index in [4.69, 9.17) is 5.73 Å². The van der Waals surface area contributed by atoms with Crippen molar-refractivity contribution in [2.45, 2.75) is 31.2 Å². The molecule has 2 atom stereocenters. The van der Waals surface area contributed by atoms with Gasteiger partial charge in [-0.05, 0) is 37.5 Å². The Balaban J connectivity index is 0.00000156. The minimum absolute atomic E-state index is 0. The number of likely N-dealkylation sites (tertiary alicyclic amines) is 1. The van der Waals surface area contributed by atoms with E-state index in [0.717, 1.165) is 35.2 Å². The first-order chi connectivity index (χ1) is 11.0. The van der Waals surface area contributed by atoms with Gasteiger partial charge in [0.25, 0.3) is 0 Å². The van der Waals surface area contributed by atoms with Gasteiger partial charge >= 0.3 is 0 Å². The number of nitrogens with zero attached hydrogens (tertiary/aromatic N) is 3. The fourth-order valence-electron chi connectivity index (χ4n) is 3.04. The van der Waals surface area contributed by atoms with Crippen LogP contribution in [0.15, 0.2) is 35.1 Å². The van der Waals surface area contributed by atoms with Crippen molar-refractivity contribution in [3.63, 3.8) is 0 Å². The maximum atomic E-state index is 13.0. The first-order valence-electron chi connectivity index (χ1n) is 7.68. The lowest BCUT2D eigenvalue weighted by atomic mass is 9.89. The summed E-state index contributed by atoms with van der Waals surface area (Å²) in [7, 11) is 0. The minimum Gasteiger partial charge on any atom is -0.340 e. The molecule has 0 saturated carbocycles. The van der Waals surface area contributed by atoms with Crippen LogP contribution in [0.3, 0.4) is 0 Å². The summed E-state index contributed by atoms with van der Waals surface area (Å²) < 4.78 is 0.966. The highest BCUT2D eigenvalue weighted by molar-refractivity contribution is 9.10. The van der Waals surface area contributed by atoms with Crippen molar-refractivity contribution in [3.8, 4) is 0 Å². The van der Waals surface area contributed by atoms with Crippen LogP contribution in [0.4, 0.5) is 0 Å². The standard InChI is InChI=1S/C16H20BrN5O.2ClH/c1-16(18,12-4-6-13(17)7-5-12)15(23)22-8-2-3-11(9-22)14-19-10-20-21-14;;/h4-7,10-11H,2-3,8-9,18H2,1H3,(H,19,20,21);2*1H. The van der Waals surface area contributed by atoms with Gasteiger partial charge in [-0.1, -0.05) is 28.1 Å². The van der Waals surface area contributed by atoms with Crippen LogP contribution in [0.5, 0.6) is 0 Å². The largest absolute Gasteiger partial charge is 0.340 e. The van der Waals surface area contributed by atoms with Gasteiger partial charge in [0.15, 0.2) is 0 Å². The van der Waals surface area contributed by atoms with E-state index < -0.39 is 5.54 Å². The second-order valence-corrected chi connectivity index (χ2v) is 7.09. The maximum Gasteiger partial charge on any atom is 0.246 e. The van der Waals surface area contributed by atoms with Crippen molar-refractivity contribution in [2.75, 3.05) is 13.1 Å². The van der Waals surface area contributed by atoms with Crippen molar-refractivity contribution in [1.82, 2.24) is 20.1 Å². The molecule has 1 saturated heterocycles. The van der Waals surface area contributed by atoms with Crippen LogP contribution >= 0.6 is 40.7 Å². The molecule has 138 valence electrons. The van der Waals surface area contributed by atoms with Crippen LogP contribution in [-0.4, -0.2) is 39.1 Å². The SMILES string of the molecule is CC(N)(C(=O)N1CCCC(c2ncn[nH]2)C1)c1ccc(Br)cc1.Cl.Cl. The summed E-state index contributed by atoms with van der Waals surface area (Å²) in [5.41, 5.74) is 6.16. The zero-order chi connectivity index (χ0) is 16.4. The molecule has 6 nitrogen and oxygen atoms in total. The Morgan fingerprint density at radius 3 is 2.64 bits per heavy atom. The first-order valence-corrected chi connectivity index (χ1v) is 8.47. The van der Waals surface area contributed by atoms with Gasteiger partial charge < -0.3 is 10.6 Å². The molecular weight excluding hydrogens is 429 g/mol. The predicted molar refractivity (Wildman–Crippen MR) is 105 cm³/mol. The van der Waals surface area contributed by atoms with E-state index in [1.807, 2.05) is 29.2 Å².